The highest BCUT2D eigenvalue weighted by atomic mass is 32.1. The maximum atomic E-state index is 13.1. The molecule has 0 saturated heterocycles. The van der Waals surface area contributed by atoms with E-state index in [9.17, 15) is 4.79 Å². The van der Waals surface area contributed by atoms with Gasteiger partial charge in [-0.2, -0.15) is 9.61 Å². The minimum atomic E-state index is -0.0296. The van der Waals surface area contributed by atoms with Crippen molar-refractivity contribution in [2.45, 2.75) is 25.7 Å². The van der Waals surface area contributed by atoms with E-state index in [0.29, 0.717) is 43.2 Å². The molecular formula is C26H29N5O3S. The minimum Gasteiger partial charge on any atom is -0.383 e. The summed E-state index contributed by atoms with van der Waals surface area (Å²) >= 11 is 1.43. The number of hydrogen-bond acceptors (Lipinski definition) is 7. The van der Waals surface area contributed by atoms with E-state index >= 15 is 0 Å². The summed E-state index contributed by atoms with van der Waals surface area (Å²) in [4.78, 5) is 16.4. The number of thiophene rings is 1. The van der Waals surface area contributed by atoms with E-state index in [0.717, 1.165) is 22.8 Å². The van der Waals surface area contributed by atoms with Gasteiger partial charge in [0.25, 0.3) is 5.91 Å². The summed E-state index contributed by atoms with van der Waals surface area (Å²) in [7, 11) is 3.27. The first-order valence-corrected chi connectivity index (χ1v) is 12.7. The Bertz CT molecular complexity index is 1320. The fourth-order valence-electron chi connectivity index (χ4n) is 4.46. The zero-order valence-electron chi connectivity index (χ0n) is 20.1. The van der Waals surface area contributed by atoms with Crippen molar-refractivity contribution < 1.29 is 14.3 Å². The number of benzene rings is 1. The SMILES string of the molecule is COCCN(CCOC)C(=O)c1ccc(-c2ccc3nnc(Cc4ccc5c(c4)CCC5)n3n2)s1. The molecule has 0 saturated carbocycles. The first-order chi connectivity index (χ1) is 17.2. The summed E-state index contributed by atoms with van der Waals surface area (Å²) in [5.74, 6) is 0.774. The molecule has 0 atom stereocenters. The second-order valence-corrected chi connectivity index (χ2v) is 9.76. The molecule has 182 valence electrons. The molecule has 1 aliphatic rings. The third-order valence-electron chi connectivity index (χ3n) is 6.34. The van der Waals surface area contributed by atoms with Crippen LogP contribution in [0.4, 0.5) is 0 Å². The molecule has 0 fully saturated rings. The van der Waals surface area contributed by atoms with E-state index in [1.54, 1.807) is 19.1 Å². The number of amides is 1. The third kappa shape index (κ3) is 5.12. The third-order valence-corrected chi connectivity index (χ3v) is 7.44. The Morgan fingerprint density at radius 3 is 2.60 bits per heavy atom. The lowest BCUT2D eigenvalue weighted by Gasteiger charge is -2.21. The molecule has 0 spiro atoms. The molecule has 35 heavy (non-hydrogen) atoms. The molecule has 0 radical (unpaired) electrons. The summed E-state index contributed by atoms with van der Waals surface area (Å²) < 4.78 is 12.1. The van der Waals surface area contributed by atoms with E-state index in [1.165, 1.54) is 40.9 Å². The van der Waals surface area contributed by atoms with Gasteiger partial charge in [-0.3, -0.25) is 4.79 Å². The predicted molar refractivity (Wildman–Crippen MR) is 135 cm³/mol. The van der Waals surface area contributed by atoms with E-state index in [4.69, 9.17) is 14.6 Å². The topological polar surface area (TPSA) is 81.9 Å². The van der Waals surface area contributed by atoms with Gasteiger partial charge < -0.3 is 14.4 Å². The van der Waals surface area contributed by atoms with Crippen molar-refractivity contribution >= 4 is 22.9 Å². The van der Waals surface area contributed by atoms with Crippen molar-refractivity contribution in [2.75, 3.05) is 40.5 Å². The van der Waals surface area contributed by atoms with Crippen LogP contribution in [0.5, 0.6) is 0 Å². The molecule has 1 amide bonds. The van der Waals surface area contributed by atoms with Crippen molar-refractivity contribution in [3.63, 3.8) is 0 Å². The van der Waals surface area contributed by atoms with E-state index in [2.05, 4.69) is 28.4 Å². The van der Waals surface area contributed by atoms with E-state index in [1.807, 2.05) is 28.8 Å². The molecule has 8 nitrogen and oxygen atoms in total. The number of carbonyl (C=O) groups excluding carboxylic acids is 1. The van der Waals surface area contributed by atoms with Gasteiger partial charge in [0.05, 0.1) is 23.0 Å². The van der Waals surface area contributed by atoms with Crippen molar-refractivity contribution in [3.05, 3.63) is 69.9 Å². The molecule has 3 heterocycles. The van der Waals surface area contributed by atoms with Crippen LogP contribution in [0.2, 0.25) is 0 Å². The molecule has 0 aliphatic heterocycles. The highest BCUT2D eigenvalue weighted by Gasteiger charge is 2.19. The Kier molecular flexibility index (Phi) is 7.17. The second kappa shape index (κ2) is 10.6. The highest BCUT2D eigenvalue weighted by molar-refractivity contribution is 7.17. The smallest absolute Gasteiger partial charge is 0.264 e. The van der Waals surface area contributed by atoms with Crippen LogP contribution in [0.25, 0.3) is 16.2 Å². The van der Waals surface area contributed by atoms with Gasteiger partial charge in [-0.05, 0) is 60.2 Å². The van der Waals surface area contributed by atoms with E-state index in [-0.39, 0.29) is 5.91 Å². The number of nitrogens with zero attached hydrogens (tertiary/aromatic N) is 5. The molecule has 3 aromatic heterocycles. The highest BCUT2D eigenvalue weighted by Crippen LogP contribution is 2.28. The fraction of sp³-hybridized carbons (Fsp3) is 0.385. The van der Waals surface area contributed by atoms with Crippen LogP contribution in [0.1, 0.15) is 38.6 Å². The fourth-order valence-corrected chi connectivity index (χ4v) is 5.40. The lowest BCUT2D eigenvalue weighted by molar-refractivity contribution is 0.0632. The summed E-state index contributed by atoms with van der Waals surface area (Å²) in [6.45, 7) is 1.99. The van der Waals surface area contributed by atoms with Gasteiger partial charge in [0.2, 0.25) is 0 Å². The number of fused-ring (bicyclic) bond motifs is 2. The number of hydrogen-bond donors (Lipinski definition) is 0. The Labute approximate surface area is 208 Å². The minimum absolute atomic E-state index is 0.0296. The van der Waals surface area contributed by atoms with Crippen LogP contribution in [-0.4, -0.2) is 71.1 Å². The van der Waals surface area contributed by atoms with Crippen LogP contribution >= 0.6 is 11.3 Å². The Morgan fingerprint density at radius 1 is 1.00 bits per heavy atom. The zero-order chi connectivity index (χ0) is 24.2. The van der Waals surface area contributed by atoms with Gasteiger partial charge in [-0.1, -0.05) is 18.2 Å². The standard InChI is InChI=1S/C26H29N5O3S/c1-33-14-12-30(13-15-34-2)26(32)23-10-9-22(35-23)21-8-11-24-27-28-25(31(24)29-21)17-18-6-7-19-4-3-5-20(19)16-18/h6-11,16H,3-5,12-15,17H2,1-2H3. The lowest BCUT2D eigenvalue weighted by atomic mass is 10.0. The summed E-state index contributed by atoms with van der Waals surface area (Å²) in [6, 6.07) is 14.4. The molecule has 9 heteroatoms. The predicted octanol–water partition coefficient (Wildman–Crippen LogP) is 3.67. The van der Waals surface area contributed by atoms with Crippen molar-refractivity contribution in [2.24, 2.45) is 0 Å². The summed E-state index contributed by atoms with van der Waals surface area (Å²) in [6.07, 6.45) is 4.24. The molecule has 0 N–H and O–H groups in total. The van der Waals surface area contributed by atoms with Crippen molar-refractivity contribution in [1.82, 2.24) is 24.7 Å². The lowest BCUT2D eigenvalue weighted by Crippen LogP contribution is -2.36. The largest absolute Gasteiger partial charge is 0.383 e. The van der Waals surface area contributed by atoms with Gasteiger partial charge in [0.15, 0.2) is 11.5 Å². The van der Waals surface area contributed by atoms with E-state index < -0.39 is 0 Å². The number of carbonyl (C=O) groups is 1. The summed E-state index contributed by atoms with van der Waals surface area (Å²) in [5, 5.41) is 13.5. The van der Waals surface area contributed by atoms with Crippen molar-refractivity contribution in [3.8, 4) is 10.6 Å². The molecule has 5 rings (SSSR count). The van der Waals surface area contributed by atoms with Crippen LogP contribution < -0.4 is 0 Å². The van der Waals surface area contributed by atoms with Crippen LogP contribution in [-0.2, 0) is 28.7 Å². The molecule has 1 aliphatic carbocycles. The number of aromatic nitrogens is 4. The number of methoxy groups -OCH3 is 2. The number of aryl methyl sites for hydroxylation is 2. The first kappa shape index (κ1) is 23.6. The average molecular weight is 492 g/mol. The van der Waals surface area contributed by atoms with Crippen LogP contribution in [0.15, 0.2) is 42.5 Å². The first-order valence-electron chi connectivity index (χ1n) is 11.9. The second-order valence-electron chi connectivity index (χ2n) is 8.68. The van der Waals surface area contributed by atoms with Gasteiger partial charge in [-0.15, -0.1) is 21.5 Å². The van der Waals surface area contributed by atoms with Gasteiger partial charge in [0, 0.05) is 33.7 Å². The molecular weight excluding hydrogens is 462 g/mol. The van der Waals surface area contributed by atoms with Gasteiger partial charge in [-0.25, -0.2) is 0 Å². The number of ether oxygens (including phenoxy) is 2. The van der Waals surface area contributed by atoms with Crippen molar-refractivity contribution in [1.29, 1.82) is 0 Å². The van der Waals surface area contributed by atoms with Crippen LogP contribution in [0.3, 0.4) is 0 Å². The Balaban J connectivity index is 1.37. The van der Waals surface area contributed by atoms with Gasteiger partial charge in [0.1, 0.15) is 5.69 Å². The summed E-state index contributed by atoms with van der Waals surface area (Å²) in [5.41, 5.74) is 5.64. The Morgan fingerprint density at radius 2 is 1.80 bits per heavy atom. The molecule has 4 aromatic rings. The maximum Gasteiger partial charge on any atom is 0.264 e. The quantitative estimate of drug-likeness (QED) is 0.337. The molecule has 0 bridgehead atoms. The Hall–Kier alpha value is -3.14. The monoisotopic (exact) mass is 491 g/mol. The maximum absolute atomic E-state index is 13.1. The molecule has 1 aromatic carbocycles. The zero-order valence-corrected chi connectivity index (χ0v) is 20.9. The average Bonchev–Trinajstić information content (AvgIpc) is 3.63. The number of rotatable bonds is 10. The van der Waals surface area contributed by atoms with Crippen LogP contribution in [0, 0.1) is 0 Å². The molecule has 0 unspecified atom stereocenters. The van der Waals surface area contributed by atoms with Gasteiger partial charge >= 0.3 is 0 Å². The normalized spacial score (nSPS) is 12.9.